The third-order valence-corrected chi connectivity index (χ3v) is 5.29. The standard InChI is InChI=1S/C16H26N2O2/c1-2-13(11-6-4-3-5-7-11)18-10-14(19)17-15(16(18)20)12-8-9-12/h11-13,15H,2-10H2,1H3,(H,17,19). The van der Waals surface area contributed by atoms with Crippen molar-refractivity contribution in [3.8, 4) is 0 Å². The van der Waals surface area contributed by atoms with Crippen LogP contribution < -0.4 is 5.32 Å². The Morgan fingerprint density at radius 1 is 1.15 bits per heavy atom. The topological polar surface area (TPSA) is 49.4 Å². The number of carbonyl (C=O) groups is 2. The maximum Gasteiger partial charge on any atom is 0.246 e. The normalized spacial score (nSPS) is 30.2. The molecule has 1 N–H and O–H groups in total. The summed E-state index contributed by atoms with van der Waals surface area (Å²) in [6, 6.07) is 0.0454. The molecule has 2 atom stereocenters. The van der Waals surface area contributed by atoms with Gasteiger partial charge in [0.1, 0.15) is 6.04 Å². The van der Waals surface area contributed by atoms with Crippen LogP contribution in [0.2, 0.25) is 0 Å². The highest BCUT2D eigenvalue weighted by Gasteiger charge is 2.45. The molecular weight excluding hydrogens is 252 g/mol. The first-order chi connectivity index (χ1) is 9.70. The molecule has 20 heavy (non-hydrogen) atoms. The molecule has 2 amide bonds. The molecule has 1 saturated heterocycles. The number of piperazine rings is 1. The van der Waals surface area contributed by atoms with Gasteiger partial charge in [-0.05, 0) is 43.9 Å². The van der Waals surface area contributed by atoms with Crippen LogP contribution >= 0.6 is 0 Å². The molecule has 2 unspecified atom stereocenters. The number of amides is 2. The van der Waals surface area contributed by atoms with Crippen LogP contribution in [-0.4, -0.2) is 35.3 Å². The maximum absolute atomic E-state index is 12.7. The summed E-state index contributed by atoms with van der Waals surface area (Å²) in [5.41, 5.74) is 0. The van der Waals surface area contributed by atoms with Gasteiger partial charge in [0.2, 0.25) is 11.8 Å². The van der Waals surface area contributed by atoms with Crippen molar-refractivity contribution in [1.29, 1.82) is 0 Å². The van der Waals surface area contributed by atoms with Crippen molar-refractivity contribution in [3.05, 3.63) is 0 Å². The molecule has 1 heterocycles. The summed E-state index contributed by atoms with van der Waals surface area (Å²) in [6.45, 7) is 2.43. The first-order valence-corrected chi connectivity index (χ1v) is 8.30. The van der Waals surface area contributed by atoms with Crippen molar-refractivity contribution in [2.75, 3.05) is 6.54 Å². The van der Waals surface area contributed by atoms with Crippen LogP contribution in [0, 0.1) is 11.8 Å². The molecule has 0 bridgehead atoms. The molecule has 2 aliphatic carbocycles. The number of rotatable bonds is 4. The molecule has 1 aliphatic heterocycles. The Hall–Kier alpha value is -1.06. The van der Waals surface area contributed by atoms with Gasteiger partial charge in [0.25, 0.3) is 0 Å². The third kappa shape index (κ3) is 2.70. The zero-order chi connectivity index (χ0) is 14.1. The lowest BCUT2D eigenvalue weighted by Crippen LogP contribution is -2.62. The van der Waals surface area contributed by atoms with E-state index >= 15 is 0 Å². The van der Waals surface area contributed by atoms with Crippen molar-refractivity contribution in [2.24, 2.45) is 11.8 Å². The minimum Gasteiger partial charge on any atom is -0.342 e. The third-order valence-electron chi connectivity index (χ3n) is 5.29. The highest BCUT2D eigenvalue weighted by molar-refractivity contribution is 5.95. The minimum absolute atomic E-state index is 0.0377. The number of carbonyl (C=O) groups excluding carboxylic acids is 2. The Balaban J connectivity index is 1.74. The second-order valence-electron chi connectivity index (χ2n) is 6.72. The minimum atomic E-state index is -0.228. The molecule has 4 heteroatoms. The lowest BCUT2D eigenvalue weighted by Gasteiger charge is -2.42. The van der Waals surface area contributed by atoms with Crippen LogP contribution in [0.4, 0.5) is 0 Å². The van der Waals surface area contributed by atoms with E-state index in [-0.39, 0.29) is 30.4 Å². The van der Waals surface area contributed by atoms with E-state index < -0.39 is 0 Å². The first kappa shape index (κ1) is 13.9. The zero-order valence-electron chi connectivity index (χ0n) is 12.4. The SMILES string of the molecule is CCC(C1CCCCC1)N1CC(=O)NC(C2CC2)C1=O. The van der Waals surface area contributed by atoms with Crippen molar-refractivity contribution in [3.63, 3.8) is 0 Å². The van der Waals surface area contributed by atoms with Gasteiger partial charge in [-0.3, -0.25) is 9.59 Å². The van der Waals surface area contributed by atoms with Crippen LogP contribution in [0.1, 0.15) is 58.3 Å². The van der Waals surface area contributed by atoms with Crippen LogP contribution in [0.3, 0.4) is 0 Å². The van der Waals surface area contributed by atoms with Crippen LogP contribution in [0.5, 0.6) is 0 Å². The van der Waals surface area contributed by atoms with E-state index in [0.717, 1.165) is 19.3 Å². The molecule has 3 aliphatic rings. The largest absolute Gasteiger partial charge is 0.342 e. The van der Waals surface area contributed by atoms with Gasteiger partial charge in [-0.15, -0.1) is 0 Å². The van der Waals surface area contributed by atoms with Gasteiger partial charge in [-0.2, -0.15) is 0 Å². The fourth-order valence-electron chi connectivity index (χ4n) is 4.05. The predicted molar refractivity (Wildman–Crippen MR) is 77.0 cm³/mol. The molecule has 112 valence electrons. The lowest BCUT2D eigenvalue weighted by atomic mass is 9.81. The van der Waals surface area contributed by atoms with E-state index in [2.05, 4.69) is 12.2 Å². The Kier molecular flexibility index (Phi) is 3.99. The average Bonchev–Trinajstić information content (AvgIpc) is 3.29. The number of nitrogens with zero attached hydrogens (tertiary/aromatic N) is 1. The van der Waals surface area contributed by atoms with Crippen molar-refractivity contribution in [1.82, 2.24) is 10.2 Å². The highest BCUT2D eigenvalue weighted by Crippen LogP contribution is 2.36. The molecule has 0 spiro atoms. The van der Waals surface area contributed by atoms with Gasteiger partial charge in [0.15, 0.2) is 0 Å². The van der Waals surface area contributed by atoms with E-state index in [1.807, 2.05) is 4.90 Å². The number of hydrogen-bond acceptors (Lipinski definition) is 2. The van der Waals surface area contributed by atoms with Crippen molar-refractivity contribution >= 4 is 11.8 Å². The van der Waals surface area contributed by atoms with Crippen LogP contribution in [-0.2, 0) is 9.59 Å². The van der Waals surface area contributed by atoms with E-state index in [1.165, 1.54) is 32.1 Å². The van der Waals surface area contributed by atoms with Crippen molar-refractivity contribution < 1.29 is 9.59 Å². The molecule has 2 saturated carbocycles. The summed E-state index contributed by atoms with van der Waals surface area (Å²) in [4.78, 5) is 26.6. The Bertz CT molecular complexity index is 386. The van der Waals surface area contributed by atoms with Crippen molar-refractivity contribution in [2.45, 2.75) is 70.4 Å². The summed E-state index contributed by atoms with van der Waals surface area (Å²) in [6.07, 6.45) is 9.47. The van der Waals surface area contributed by atoms with Gasteiger partial charge < -0.3 is 10.2 Å². The molecule has 4 nitrogen and oxygen atoms in total. The smallest absolute Gasteiger partial charge is 0.246 e. The van der Waals surface area contributed by atoms with Crippen LogP contribution in [0.25, 0.3) is 0 Å². The monoisotopic (exact) mass is 278 g/mol. The van der Waals surface area contributed by atoms with Gasteiger partial charge in [-0.25, -0.2) is 0 Å². The Morgan fingerprint density at radius 3 is 2.45 bits per heavy atom. The van der Waals surface area contributed by atoms with Gasteiger partial charge in [0.05, 0.1) is 6.54 Å². The fourth-order valence-corrected chi connectivity index (χ4v) is 4.05. The molecule has 0 radical (unpaired) electrons. The molecule has 0 aromatic carbocycles. The van der Waals surface area contributed by atoms with Gasteiger partial charge in [-0.1, -0.05) is 26.2 Å². The number of nitrogens with one attached hydrogen (secondary N) is 1. The summed E-state index contributed by atoms with van der Waals surface area (Å²) in [7, 11) is 0. The second-order valence-corrected chi connectivity index (χ2v) is 6.72. The molecule has 0 aromatic heterocycles. The predicted octanol–water partition coefficient (Wildman–Crippen LogP) is 2.08. The van der Waals surface area contributed by atoms with E-state index in [1.54, 1.807) is 0 Å². The fraction of sp³-hybridized carbons (Fsp3) is 0.875. The molecule has 0 aromatic rings. The average molecular weight is 278 g/mol. The van der Waals surface area contributed by atoms with E-state index in [4.69, 9.17) is 0 Å². The van der Waals surface area contributed by atoms with E-state index in [0.29, 0.717) is 11.8 Å². The molecule has 3 rings (SSSR count). The zero-order valence-corrected chi connectivity index (χ0v) is 12.4. The molecule has 3 fully saturated rings. The number of hydrogen-bond donors (Lipinski definition) is 1. The Labute approximate surface area is 121 Å². The summed E-state index contributed by atoms with van der Waals surface area (Å²) in [5, 5.41) is 2.91. The quantitative estimate of drug-likeness (QED) is 0.856. The Morgan fingerprint density at radius 2 is 1.85 bits per heavy atom. The lowest BCUT2D eigenvalue weighted by molar-refractivity contribution is -0.148. The summed E-state index contributed by atoms with van der Waals surface area (Å²) in [5.74, 6) is 1.22. The second kappa shape index (κ2) is 5.74. The van der Waals surface area contributed by atoms with E-state index in [9.17, 15) is 9.59 Å². The van der Waals surface area contributed by atoms with Crippen LogP contribution in [0.15, 0.2) is 0 Å². The maximum atomic E-state index is 12.7. The first-order valence-electron chi connectivity index (χ1n) is 8.30. The highest BCUT2D eigenvalue weighted by atomic mass is 16.2. The molecular formula is C16H26N2O2. The summed E-state index contributed by atoms with van der Waals surface area (Å²) < 4.78 is 0. The van der Waals surface area contributed by atoms with Gasteiger partial charge in [0, 0.05) is 6.04 Å². The summed E-state index contributed by atoms with van der Waals surface area (Å²) >= 11 is 0. The van der Waals surface area contributed by atoms with Gasteiger partial charge >= 0.3 is 0 Å².